The molecule has 6 rings (SSSR count). The van der Waals surface area contributed by atoms with Gasteiger partial charge in [-0.05, 0) is 67.7 Å². The van der Waals surface area contributed by atoms with Crippen LogP contribution in [0.3, 0.4) is 0 Å². The maximum Gasteiger partial charge on any atom is 0.331 e. The van der Waals surface area contributed by atoms with E-state index in [1.54, 1.807) is 88.6 Å². The zero-order valence-corrected chi connectivity index (χ0v) is 65.2. The minimum absolute atomic E-state index is 0.0193. The van der Waals surface area contributed by atoms with E-state index < -0.39 is 222 Å². The molecular formula is C72H101N21O19S2. The molecule has 14 unspecified atom stereocenters. The van der Waals surface area contributed by atoms with Crippen molar-refractivity contribution >= 4 is 144 Å². The Morgan fingerprint density at radius 2 is 1.14 bits per heavy atom. The van der Waals surface area contributed by atoms with Crippen LogP contribution < -0.4 is 11.1 Å². The van der Waals surface area contributed by atoms with Gasteiger partial charge >= 0.3 is 11.9 Å². The van der Waals surface area contributed by atoms with Crippen LogP contribution >= 0.6 is 21.6 Å². The molecule has 0 amide bonds. The van der Waals surface area contributed by atoms with Crippen LogP contribution in [0.15, 0.2) is 138 Å². The average Bonchev–Trinajstić information content (AvgIpc) is 1.71. The SMILES string of the molecule is CCC1N=C(O)CN=C(O)C(Cc2c[nH]c3ccccc23)N=C(O)C(CC(=O)O)N=C(O)C(CCC(=N)O)N=C(O)C(Cc2c[nH]c3ccccc23)N=C(O)C(C(C)C)N=C(O)C(N=C(O)C(N=C(C)O)C(C)CC)CSSCC(C(O)=NC(C(=O)O)C(C)O)N=C(O)C(CCCNC(=N)N)N=C(O)C(Cc2cnc[nH]2)N=C1O. The second-order valence-corrected chi connectivity index (χ2v) is 29.5. The van der Waals surface area contributed by atoms with Gasteiger partial charge in [-0.15, -0.1) is 0 Å². The number of aliphatic hydroxyl groups is 15. The summed E-state index contributed by atoms with van der Waals surface area (Å²) in [7, 11) is 1.70. The number of carbonyl (C=O) groups is 2. The topological polar surface area (TPSA) is 685 Å². The Bertz CT molecular complexity index is 4490. The Morgan fingerprint density at radius 3 is 1.68 bits per heavy atom. The van der Waals surface area contributed by atoms with E-state index in [-0.39, 0.29) is 50.8 Å². The number of carboxylic acids is 2. The second-order valence-electron chi connectivity index (χ2n) is 26.9. The van der Waals surface area contributed by atoms with Crippen molar-refractivity contribution in [2.45, 2.75) is 191 Å². The molecule has 4 heterocycles. The number of aromatic amines is 3. The van der Waals surface area contributed by atoms with Crippen LogP contribution in [-0.4, -0.2) is 310 Å². The van der Waals surface area contributed by atoms with Gasteiger partial charge in [-0.1, -0.05) is 99.0 Å². The van der Waals surface area contributed by atoms with E-state index >= 15 is 0 Å². The highest BCUT2D eigenvalue weighted by molar-refractivity contribution is 8.76. The van der Waals surface area contributed by atoms with Crippen molar-refractivity contribution in [2.75, 3.05) is 24.6 Å². The Morgan fingerprint density at radius 1 is 0.614 bits per heavy atom. The van der Waals surface area contributed by atoms with E-state index in [2.05, 4.69) is 90.2 Å². The maximum absolute atomic E-state index is 12.7. The lowest BCUT2D eigenvalue weighted by atomic mass is 9.99. The van der Waals surface area contributed by atoms with Gasteiger partial charge in [0.1, 0.15) is 73.0 Å². The van der Waals surface area contributed by atoms with Crippen LogP contribution in [0.4, 0.5) is 0 Å². The molecule has 0 spiro atoms. The zero-order chi connectivity index (χ0) is 84.0. The summed E-state index contributed by atoms with van der Waals surface area (Å²) >= 11 is 0. The fourth-order valence-corrected chi connectivity index (χ4v) is 13.6. The predicted molar refractivity (Wildman–Crippen MR) is 443 cm³/mol. The standard InChI is InChI=1S/C72H101N21O19S2/c1-8-35(5)58(82-37(7)95)70(110)91-53-32-114-113-31-52(68(108)93-59(36(6)94)71(111)112)90-62(102)46(19-14-22-77-72(74)75)84-65(105)50(25-40-29-76-33-81-40)87-61(101)43(9-2)83-55(97)30-80-60(100)48(23-38-27-78-44-17-12-10-15-41(38)44)86-66(106)51(26-56(98)99)88-63(103)47(20-21-54(73)96)85-64(104)49(89-69(109)57(34(3)4)92-67(53)107)24-39-28-79-45-18-13-11-16-42(39)45/h10-13,15-18,27-29,33-36,43,46-53,57-59,78-79,94H,8-9,14,19-26,30-32H2,1-7H3,(H2,73,96)(H,76,81)(H,80,100)(H,82,95)(H,83,97)(H,84,105)(H,85,104)(H,86,106)(H,87,101)(H,88,103)(H,89,109)(H,90,102)(H,91,110)(H,92,107)(H,93,108)(H,98,99)(H,111,112)(H4,74,75,77). The smallest absolute Gasteiger partial charge is 0.331 e. The number of aliphatic hydroxyl groups excluding tert-OH is 15. The van der Waals surface area contributed by atoms with E-state index in [9.17, 15) is 96.4 Å². The molecular weight excluding hydrogens is 1530 g/mol. The van der Waals surface area contributed by atoms with Gasteiger partial charge in [0.05, 0.1) is 18.9 Å². The number of nitrogens with zero attached hydrogens (tertiary/aromatic N) is 14. The largest absolute Gasteiger partial charge is 0.497 e. The van der Waals surface area contributed by atoms with Crippen molar-refractivity contribution in [1.29, 1.82) is 10.8 Å². The van der Waals surface area contributed by atoms with E-state index in [1.807, 2.05) is 0 Å². The molecule has 42 heteroatoms. The van der Waals surface area contributed by atoms with Crippen LogP contribution in [-0.2, 0) is 28.9 Å². The number of hydrogen-bond acceptors (Lipinski definition) is 21. The quantitative estimate of drug-likeness (QED) is 0.0107. The minimum atomic E-state index is -2.04. The van der Waals surface area contributed by atoms with Gasteiger partial charge in [0.2, 0.25) is 70.8 Å². The van der Waals surface area contributed by atoms with Gasteiger partial charge in [0, 0.05) is 96.7 Å². The first-order valence-corrected chi connectivity index (χ1v) is 38.7. The number of nitrogens with one attached hydrogen (secondary N) is 6. The molecule has 5 aromatic rings. The lowest BCUT2D eigenvalue weighted by Gasteiger charge is -2.22. The molecule has 2 aromatic carbocycles. The summed E-state index contributed by atoms with van der Waals surface area (Å²) in [4.78, 5) is 93.8. The number of aromatic nitrogens is 4. The molecule has 3 aromatic heterocycles. The molecule has 0 bridgehead atoms. The molecule has 0 saturated heterocycles. The minimum Gasteiger partial charge on any atom is -0.497 e. The highest BCUT2D eigenvalue weighted by Crippen LogP contribution is 2.29. The third kappa shape index (κ3) is 28.1. The van der Waals surface area contributed by atoms with Crippen LogP contribution in [0.25, 0.3) is 21.8 Å². The number of hydrogen-bond donors (Lipinski definition) is 24. The molecule has 620 valence electrons. The molecule has 0 saturated carbocycles. The molecule has 0 fully saturated rings. The van der Waals surface area contributed by atoms with Crippen molar-refractivity contribution in [3.8, 4) is 0 Å². The Hall–Kier alpha value is -11.8. The third-order valence-corrected chi connectivity index (χ3v) is 20.0. The number of carboxylic acid groups (broad SMARTS) is 2. The Kier molecular flexibility index (Phi) is 35.5. The normalized spacial score (nSPS) is 23.3. The number of para-hydroxylation sites is 2. The first-order chi connectivity index (χ1) is 54.1. The van der Waals surface area contributed by atoms with Crippen molar-refractivity contribution in [3.05, 3.63) is 90.3 Å². The van der Waals surface area contributed by atoms with Crippen LogP contribution in [0.1, 0.15) is 110 Å². The zero-order valence-electron chi connectivity index (χ0n) is 63.6. The number of benzene rings is 2. The van der Waals surface area contributed by atoms with Gasteiger partial charge in [0.25, 0.3) is 0 Å². The molecule has 1 aliphatic rings. The maximum atomic E-state index is 12.7. The van der Waals surface area contributed by atoms with Gasteiger partial charge in [0.15, 0.2) is 23.8 Å². The molecule has 25 N–H and O–H groups in total. The summed E-state index contributed by atoms with van der Waals surface area (Å²) in [6.45, 7) is 9.63. The van der Waals surface area contributed by atoms with Crippen molar-refractivity contribution in [2.24, 2.45) is 82.5 Å². The lowest BCUT2D eigenvalue weighted by molar-refractivity contribution is -0.141. The Labute approximate surface area is 661 Å². The molecule has 14 atom stereocenters. The number of aliphatic imine (C=N–C) groups is 13. The highest BCUT2D eigenvalue weighted by atomic mass is 33.1. The van der Waals surface area contributed by atoms with Gasteiger partial charge in [-0.2, -0.15) is 0 Å². The van der Waals surface area contributed by atoms with Crippen molar-refractivity contribution in [3.63, 3.8) is 0 Å². The summed E-state index contributed by atoms with van der Waals surface area (Å²) in [6, 6.07) is -6.08. The fourth-order valence-electron chi connectivity index (χ4n) is 11.4. The van der Waals surface area contributed by atoms with E-state index in [0.717, 1.165) is 28.5 Å². The summed E-state index contributed by atoms with van der Waals surface area (Å²) in [6.07, 6.45) is 1.03. The van der Waals surface area contributed by atoms with Crippen LogP contribution in [0.2, 0.25) is 0 Å². The van der Waals surface area contributed by atoms with Gasteiger partial charge in [-0.3, -0.25) is 15.6 Å². The number of guanidine groups is 1. The summed E-state index contributed by atoms with van der Waals surface area (Å²) in [5.41, 5.74) is 8.08. The highest BCUT2D eigenvalue weighted by Gasteiger charge is 2.34. The van der Waals surface area contributed by atoms with Crippen LogP contribution in [0.5, 0.6) is 0 Å². The number of H-pyrrole nitrogens is 3. The third-order valence-electron chi connectivity index (χ3n) is 17.7. The van der Waals surface area contributed by atoms with Gasteiger partial charge in [-0.25, -0.2) is 74.7 Å². The number of aliphatic carboxylic acids is 2. The van der Waals surface area contributed by atoms with E-state index in [0.29, 0.717) is 45.0 Å². The summed E-state index contributed by atoms with van der Waals surface area (Å²) in [5, 5.41) is 215. The summed E-state index contributed by atoms with van der Waals surface area (Å²) < 4.78 is 0. The monoisotopic (exact) mass is 1630 g/mol. The lowest BCUT2D eigenvalue weighted by Crippen LogP contribution is -2.35. The molecule has 0 aliphatic carbocycles. The molecule has 1 aliphatic heterocycles. The number of rotatable bonds is 26. The number of imidazole rings is 1. The second kappa shape index (κ2) is 44.4. The van der Waals surface area contributed by atoms with Gasteiger partial charge < -0.3 is 113 Å². The average molecular weight is 1630 g/mol. The molecule has 114 heavy (non-hydrogen) atoms. The first-order valence-electron chi connectivity index (χ1n) is 36.2. The van der Waals surface area contributed by atoms with Crippen LogP contribution in [0, 0.1) is 22.7 Å². The fraction of sp³-hybridized carbons (Fsp3) is 0.500. The van der Waals surface area contributed by atoms with Crippen molar-refractivity contribution in [1.82, 2.24) is 25.3 Å². The molecule has 0 radical (unpaired) electrons. The number of fused-ring (bicyclic) bond motifs is 2. The van der Waals surface area contributed by atoms with E-state index in [4.69, 9.17) is 16.6 Å². The first kappa shape index (κ1) is 91.1. The Balaban J connectivity index is 1.66. The van der Waals surface area contributed by atoms with Crippen molar-refractivity contribution < 1.29 is 96.4 Å². The number of nitrogens with two attached hydrogens (primary N) is 1. The molecule has 40 nitrogen and oxygen atoms in total. The predicted octanol–water partition coefficient (Wildman–Crippen LogP) is 8.30. The van der Waals surface area contributed by atoms with E-state index in [1.165, 1.54) is 26.4 Å². The summed E-state index contributed by atoms with van der Waals surface area (Å²) in [5.74, 6) is -18.3.